The fourth-order valence-electron chi connectivity index (χ4n) is 3.39. The second-order valence-corrected chi connectivity index (χ2v) is 6.40. The van der Waals surface area contributed by atoms with Crippen LogP contribution in [-0.2, 0) is 11.3 Å². The molecule has 0 saturated carbocycles. The Morgan fingerprint density at radius 3 is 2.96 bits per heavy atom. The summed E-state index contributed by atoms with van der Waals surface area (Å²) in [5.41, 5.74) is 0.536. The Bertz CT molecular complexity index is 784. The Balaban J connectivity index is 1.72. The van der Waals surface area contributed by atoms with Gasteiger partial charge in [0, 0.05) is 19.5 Å². The van der Waals surface area contributed by atoms with E-state index in [4.69, 9.17) is 0 Å². The molecule has 2 aromatic rings. The molecular formula is C18H23N3O3. The standard InChI is InChI=1S/C18H23N3O3/c1-13(22)16-8-4-5-10-21(16)17(23)9-11-20-12-19-15-7-3-2-6-14(15)18(20)24/h2-3,6-7,12-13,16,22H,4-5,8-11H2,1H3. The van der Waals surface area contributed by atoms with Gasteiger partial charge < -0.3 is 10.0 Å². The molecule has 1 saturated heterocycles. The number of carbonyl (C=O) groups is 1. The van der Waals surface area contributed by atoms with Crippen LogP contribution in [0, 0.1) is 0 Å². The third-order valence-corrected chi connectivity index (χ3v) is 4.72. The lowest BCUT2D eigenvalue weighted by Gasteiger charge is -2.37. The minimum Gasteiger partial charge on any atom is -0.391 e. The van der Waals surface area contributed by atoms with Gasteiger partial charge in [-0.3, -0.25) is 14.2 Å². The van der Waals surface area contributed by atoms with E-state index in [1.807, 2.05) is 12.1 Å². The molecule has 2 unspecified atom stereocenters. The summed E-state index contributed by atoms with van der Waals surface area (Å²) in [5, 5.41) is 10.4. The molecule has 1 amide bonds. The van der Waals surface area contributed by atoms with Crippen LogP contribution in [0.4, 0.5) is 0 Å². The monoisotopic (exact) mass is 329 g/mol. The number of aryl methyl sites for hydroxylation is 1. The van der Waals surface area contributed by atoms with Crippen molar-refractivity contribution in [2.75, 3.05) is 6.54 Å². The van der Waals surface area contributed by atoms with Crippen molar-refractivity contribution >= 4 is 16.8 Å². The number of hydrogen-bond donors (Lipinski definition) is 1. The summed E-state index contributed by atoms with van der Waals surface area (Å²) >= 11 is 0. The quantitative estimate of drug-likeness (QED) is 0.923. The second kappa shape index (κ2) is 7.13. The van der Waals surface area contributed by atoms with Crippen molar-refractivity contribution in [3.05, 3.63) is 40.9 Å². The summed E-state index contributed by atoms with van der Waals surface area (Å²) in [6.45, 7) is 2.71. The predicted octanol–water partition coefficient (Wildman–Crippen LogP) is 1.55. The molecule has 1 N–H and O–H groups in total. The molecule has 0 aliphatic carbocycles. The van der Waals surface area contributed by atoms with Gasteiger partial charge in [-0.15, -0.1) is 0 Å². The molecular weight excluding hydrogens is 306 g/mol. The van der Waals surface area contributed by atoms with E-state index >= 15 is 0 Å². The Labute approximate surface area is 140 Å². The molecule has 1 fully saturated rings. The van der Waals surface area contributed by atoms with Crippen molar-refractivity contribution in [2.45, 2.75) is 51.3 Å². The molecule has 128 valence electrons. The van der Waals surface area contributed by atoms with Gasteiger partial charge in [-0.05, 0) is 38.3 Å². The first-order valence-corrected chi connectivity index (χ1v) is 8.49. The van der Waals surface area contributed by atoms with E-state index in [1.54, 1.807) is 24.0 Å². The van der Waals surface area contributed by atoms with Gasteiger partial charge in [-0.25, -0.2) is 4.98 Å². The highest BCUT2D eigenvalue weighted by Gasteiger charge is 2.29. The van der Waals surface area contributed by atoms with Gasteiger partial charge in [0.15, 0.2) is 0 Å². The van der Waals surface area contributed by atoms with Gasteiger partial charge in [0.05, 0.1) is 29.4 Å². The zero-order chi connectivity index (χ0) is 17.1. The third kappa shape index (κ3) is 3.33. The maximum absolute atomic E-state index is 12.5. The molecule has 1 aromatic carbocycles. The predicted molar refractivity (Wildman–Crippen MR) is 91.7 cm³/mol. The second-order valence-electron chi connectivity index (χ2n) is 6.40. The number of carbonyl (C=O) groups excluding carboxylic acids is 1. The zero-order valence-electron chi connectivity index (χ0n) is 13.9. The number of aliphatic hydroxyl groups is 1. The highest BCUT2D eigenvalue weighted by Crippen LogP contribution is 2.20. The lowest BCUT2D eigenvalue weighted by molar-refractivity contribution is -0.137. The SMILES string of the molecule is CC(O)C1CCCCN1C(=O)CCn1cnc2ccccc2c1=O. The molecule has 2 heterocycles. The lowest BCUT2D eigenvalue weighted by Crippen LogP contribution is -2.49. The molecule has 2 atom stereocenters. The number of aromatic nitrogens is 2. The molecule has 0 radical (unpaired) electrons. The summed E-state index contributed by atoms with van der Waals surface area (Å²) in [6.07, 6.45) is 4.05. The summed E-state index contributed by atoms with van der Waals surface area (Å²) < 4.78 is 1.49. The average Bonchev–Trinajstić information content (AvgIpc) is 2.61. The number of aliphatic hydroxyl groups excluding tert-OH is 1. The van der Waals surface area contributed by atoms with Crippen molar-refractivity contribution in [1.29, 1.82) is 0 Å². The number of fused-ring (bicyclic) bond motifs is 1. The van der Waals surface area contributed by atoms with Crippen LogP contribution in [0.25, 0.3) is 10.9 Å². The van der Waals surface area contributed by atoms with E-state index < -0.39 is 6.10 Å². The highest BCUT2D eigenvalue weighted by atomic mass is 16.3. The summed E-state index contributed by atoms with van der Waals surface area (Å²) in [7, 11) is 0. The van der Waals surface area contributed by atoms with Gasteiger partial charge in [0.1, 0.15) is 0 Å². The van der Waals surface area contributed by atoms with E-state index in [0.717, 1.165) is 19.3 Å². The first-order chi connectivity index (χ1) is 11.6. The Morgan fingerprint density at radius 2 is 2.17 bits per heavy atom. The fraction of sp³-hybridized carbons (Fsp3) is 0.500. The van der Waals surface area contributed by atoms with Crippen molar-refractivity contribution < 1.29 is 9.90 Å². The molecule has 0 spiro atoms. The maximum atomic E-state index is 12.5. The lowest BCUT2D eigenvalue weighted by atomic mass is 9.98. The molecule has 1 aliphatic rings. The van der Waals surface area contributed by atoms with Gasteiger partial charge in [0.2, 0.25) is 5.91 Å². The van der Waals surface area contributed by atoms with Crippen molar-refractivity contribution in [3.63, 3.8) is 0 Å². The number of benzene rings is 1. The molecule has 0 bridgehead atoms. The van der Waals surface area contributed by atoms with Crippen LogP contribution in [0.3, 0.4) is 0 Å². The van der Waals surface area contributed by atoms with Gasteiger partial charge in [-0.2, -0.15) is 0 Å². The Morgan fingerprint density at radius 1 is 1.38 bits per heavy atom. The van der Waals surface area contributed by atoms with Crippen LogP contribution in [-0.4, -0.2) is 44.2 Å². The van der Waals surface area contributed by atoms with Gasteiger partial charge in [0.25, 0.3) is 5.56 Å². The van der Waals surface area contributed by atoms with Crippen LogP contribution in [0.1, 0.15) is 32.6 Å². The number of nitrogens with zero attached hydrogens (tertiary/aromatic N) is 3. The number of para-hydroxylation sites is 1. The smallest absolute Gasteiger partial charge is 0.261 e. The molecule has 6 nitrogen and oxygen atoms in total. The largest absolute Gasteiger partial charge is 0.391 e. The normalized spacial score (nSPS) is 19.4. The van der Waals surface area contributed by atoms with E-state index in [1.165, 1.54) is 10.9 Å². The molecule has 1 aromatic heterocycles. The van der Waals surface area contributed by atoms with Crippen molar-refractivity contribution in [3.8, 4) is 0 Å². The van der Waals surface area contributed by atoms with Gasteiger partial charge >= 0.3 is 0 Å². The van der Waals surface area contributed by atoms with E-state index in [2.05, 4.69) is 4.98 Å². The van der Waals surface area contributed by atoms with E-state index in [9.17, 15) is 14.7 Å². The fourth-order valence-corrected chi connectivity index (χ4v) is 3.39. The van der Waals surface area contributed by atoms with Crippen LogP contribution in [0.15, 0.2) is 35.4 Å². The van der Waals surface area contributed by atoms with E-state index in [-0.39, 0.29) is 23.9 Å². The number of hydrogen-bond acceptors (Lipinski definition) is 4. The van der Waals surface area contributed by atoms with Crippen molar-refractivity contribution in [2.24, 2.45) is 0 Å². The maximum Gasteiger partial charge on any atom is 0.261 e. The summed E-state index contributed by atoms with van der Waals surface area (Å²) in [5.74, 6) is -0.0133. The minimum atomic E-state index is -0.528. The summed E-state index contributed by atoms with van der Waals surface area (Å²) in [6, 6.07) is 7.08. The molecule has 3 rings (SSSR count). The number of piperidine rings is 1. The molecule has 6 heteroatoms. The number of rotatable bonds is 4. The number of likely N-dealkylation sites (tertiary alicyclic amines) is 1. The Kier molecular flexibility index (Phi) is 4.94. The topological polar surface area (TPSA) is 75.4 Å². The zero-order valence-corrected chi connectivity index (χ0v) is 13.9. The summed E-state index contributed by atoms with van der Waals surface area (Å²) in [4.78, 5) is 31.0. The minimum absolute atomic E-state index is 0.0133. The molecule has 24 heavy (non-hydrogen) atoms. The van der Waals surface area contributed by atoms with Gasteiger partial charge in [-0.1, -0.05) is 12.1 Å². The average molecular weight is 329 g/mol. The van der Waals surface area contributed by atoms with Crippen LogP contribution < -0.4 is 5.56 Å². The highest BCUT2D eigenvalue weighted by molar-refractivity contribution is 5.78. The van der Waals surface area contributed by atoms with Crippen molar-refractivity contribution in [1.82, 2.24) is 14.5 Å². The van der Waals surface area contributed by atoms with Crippen LogP contribution >= 0.6 is 0 Å². The first-order valence-electron chi connectivity index (χ1n) is 8.49. The first kappa shape index (κ1) is 16.6. The Hall–Kier alpha value is -2.21. The molecule has 1 aliphatic heterocycles. The number of amides is 1. The van der Waals surface area contributed by atoms with E-state index in [0.29, 0.717) is 24.0 Å². The van der Waals surface area contributed by atoms with Crippen LogP contribution in [0.5, 0.6) is 0 Å². The third-order valence-electron chi connectivity index (χ3n) is 4.72. The van der Waals surface area contributed by atoms with Crippen LogP contribution in [0.2, 0.25) is 0 Å².